The average molecular weight is 356 g/mol. The number of amides is 1. The summed E-state index contributed by atoms with van der Waals surface area (Å²) in [4.78, 5) is 14.1. The summed E-state index contributed by atoms with van der Waals surface area (Å²) in [7, 11) is 0. The normalized spacial score (nSPS) is 10.6. The molecule has 5 nitrogen and oxygen atoms in total. The molecule has 0 aromatic heterocycles. The van der Waals surface area contributed by atoms with Crippen molar-refractivity contribution in [1.29, 1.82) is 0 Å². The van der Waals surface area contributed by atoms with Crippen LogP contribution in [0.15, 0.2) is 54.6 Å². The van der Waals surface area contributed by atoms with E-state index < -0.39 is 0 Å². The maximum atomic E-state index is 11.8. The van der Waals surface area contributed by atoms with Gasteiger partial charge in [-0.2, -0.15) is 0 Å². The predicted molar refractivity (Wildman–Crippen MR) is 104 cm³/mol. The molecule has 1 amide bonds. The SMILES string of the molecule is CCN(CC)CCNC(=O)COc1ccc(OCc2ccccc2)cc1. The third-order valence-corrected chi connectivity index (χ3v) is 4.09. The van der Waals surface area contributed by atoms with Gasteiger partial charge in [0.15, 0.2) is 6.61 Å². The van der Waals surface area contributed by atoms with Crippen LogP contribution in [0.5, 0.6) is 11.5 Å². The van der Waals surface area contributed by atoms with Crippen LogP contribution in [0, 0.1) is 0 Å². The van der Waals surface area contributed by atoms with Crippen molar-refractivity contribution in [2.75, 3.05) is 32.8 Å². The number of ether oxygens (including phenoxy) is 2. The van der Waals surface area contributed by atoms with Crippen molar-refractivity contribution in [1.82, 2.24) is 10.2 Å². The minimum atomic E-state index is -0.110. The first-order valence-electron chi connectivity index (χ1n) is 9.10. The summed E-state index contributed by atoms with van der Waals surface area (Å²) in [5.74, 6) is 1.31. The molecule has 0 unspecified atom stereocenters. The molecule has 0 atom stereocenters. The van der Waals surface area contributed by atoms with Gasteiger partial charge in [0.25, 0.3) is 5.91 Å². The smallest absolute Gasteiger partial charge is 0.257 e. The molecule has 0 heterocycles. The lowest BCUT2D eigenvalue weighted by Gasteiger charge is -2.18. The van der Waals surface area contributed by atoms with Crippen LogP contribution in [0.1, 0.15) is 19.4 Å². The summed E-state index contributed by atoms with van der Waals surface area (Å²) in [6.45, 7) is 8.23. The van der Waals surface area contributed by atoms with Crippen LogP contribution < -0.4 is 14.8 Å². The molecule has 1 N–H and O–H groups in total. The first-order valence-corrected chi connectivity index (χ1v) is 9.10. The van der Waals surface area contributed by atoms with Gasteiger partial charge in [-0.3, -0.25) is 4.79 Å². The second kappa shape index (κ2) is 11.2. The third kappa shape index (κ3) is 7.15. The van der Waals surface area contributed by atoms with Gasteiger partial charge in [-0.1, -0.05) is 44.2 Å². The lowest BCUT2D eigenvalue weighted by atomic mass is 10.2. The Kier molecular flexibility index (Phi) is 8.49. The number of nitrogens with one attached hydrogen (secondary N) is 1. The molecule has 140 valence electrons. The highest BCUT2D eigenvalue weighted by Gasteiger charge is 2.04. The quantitative estimate of drug-likeness (QED) is 0.672. The lowest BCUT2D eigenvalue weighted by molar-refractivity contribution is -0.123. The number of carbonyl (C=O) groups excluding carboxylic acids is 1. The molecule has 0 aliphatic rings. The maximum absolute atomic E-state index is 11.8. The number of rotatable bonds is 11. The molecule has 0 aliphatic heterocycles. The van der Waals surface area contributed by atoms with Crippen molar-refractivity contribution in [3.05, 3.63) is 60.2 Å². The Morgan fingerprint density at radius 2 is 1.54 bits per heavy atom. The van der Waals surface area contributed by atoms with Gasteiger partial charge in [-0.25, -0.2) is 0 Å². The van der Waals surface area contributed by atoms with E-state index in [2.05, 4.69) is 24.1 Å². The van der Waals surface area contributed by atoms with Gasteiger partial charge in [-0.05, 0) is 42.9 Å². The fourth-order valence-electron chi connectivity index (χ4n) is 2.47. The van der Waals surface area contributed by atoms with E-state index in [4.69, 9.17) is 9.47 Å². The van der Waals surface area contributed by atoms with E-state index in [1.807, 2.05) is 54.6 Å². The summed E-state index contributed by atoms with van der Waals surface area (Å²) in [6.07, 6.45) is 0. The minimum absolute atomic E-state index is 0.0163. The fourth-order valence-corrected chi connectivity index (χ4v) is 2.47. The zero-order valence-corrected chi connectivity index (χ0v) is 15.6. The molecule has 2 aromatic carbocycles. The van der Waals surface area contributed by atoms with Crippen molar-refractivity contribution in [2.24, 2.45) is 0 Å². The molecule has 0 saturated heterocycles. The van der Waals surface area contributed by atoms with Crippen LogP contribution in [-0.2, 0) is 11.4 Å². The molecular weight excluding hydrogens is 328 g/mol. The zero-order valence-electron chi connectivity index (χ0n) is 15.6. The van der Waals surface area contributed by atoms with E-state index in [1.54, 1.807) is 0 Å². The monoisotopic (exact) mass is 356 g/mol. The van der Waals surface area contributed by atoms with Gasteiger partial charge in [0.05, 0.1) is 0 Å². The molecular formula is C21H28N2O3. The largest absolute Gasteiger partial charge is 0.489 e. The van der Waals surface area contributed by atoms with Crippen molar-refractivity contribution in [2.45, 2.75) is 20.5 Å². The van der Waals surface area contributed by atoms with Crippen LogP contribution in [0.25, 0.3) is 0 Å². The Balaban J connectivity index is 1.67. The van der Waals surface area contributed by atoms with Gasteiger partial charge in [0.1, 0.15) is 18.1 Å². The lowest BCUT2D eigenvalue weighted by Crippen LogP contribution is -2.36. The molecule has 0 saturated carbocycles. The van der Waals surface area contributed by atoms with Gasteiger partial charge in [0.2, 0.25) is 0 Å². The molecule has 0 fully saturated rings. The molecule has 0 aliphatic carbocycles. The number of benzene rings is 2. The van der Waals surface area contributed by atoms with Crippen LogP contribution in [0.4, 0.5) is 0 Å². The van der Waals surface area contributed by atoms with E-state index in [0.29, 0.717) is 18.9 Å². The molecule has 0 radical (unpaired) electrons. The number of hydrogen-bond acceptors (Lipinski definition) is 4. The molecule has 0 bridgehead atoms. The molecule has 2 aromatic rings. The number of hydrogen-bond donors (Lipinski definition) is 1. The Morgan fingerprint density at radius 1 is 0.923 bits per heavy atom. The Hall–Kier alpha value is -2.53. The summed E-state index contributed by atoms with van der Waals surface area (Å²) < 4.78 is 11.2. The van der Waals surface area contributed by atoms with Crippen LogP contribution >= 0.6 is 0 Å². The first-order chi connectivity index (χ1) is 12.7. The second-order valence-corrected chi connectivity index (χ2v) is 5.91. The van der Waals surface area contributed by atoms with Gasteiger partial charge < -0.3 is 19.7 Å². The second-order valence-electron chi connectivity index (χ2n) is 5.91. The van der Waals surface area contributed by atoms with Crippen molar-refractivity contribution < 1.29 is 14.3 Å². The molecule has 26 heavy (non-hydrogen) atoms. The topological polar surface area (TPSA) is 50.8 Å². The fraction of sp³-hybridized carbons (Fsp3) is 0.381. The highest BCUT2D eigenvalue weighted by molar-refractivity contribution is 5.77. The van der Waals surface area contributed by atoms with Crippen LogP contribution in [-0.4, -0.2) is 43.6 Å². The molecule has 5 heteroatoms. The van der Waals surface area contributed by atoms with Crippen molar-refractivity contribution >= 4 is 5.91 Å². The van der Waals surface area contributed by atoms with Crippen LogP contribution in [0.2, 0.25) is 0 Å². The van der Waals surface area contributed by atoms with E-state index in [-0.39, 0.29) is 12.5 Å². The predicted octanol–water partition coefficient (Wildman–Crippen LogP) is 3.10. The van der Waals surface area contributed by atoms with Gasteiger partial charge in [-0.15, -0.1) is 0 Å². The number of likely N-dealkylation sites (N-methyl/N-ethyl adjacent to an activating group) is 1. The van der Waals surface area contributed by atoms with Gasteiger partial charge >= 0.3 is 0 Å². The first kappa shape index (κ1) is 19.8. The maximum Gasteiger partial charge on any atom is 0.257 e. The van der Waals surface area contributed by atoms with Gasteiger partial charge in [0, 0.05) is 13.1 Å². The van der Waals surface area contributed by atoms with E-state index >= 15 is 0 Å². The molecule has 0 spiro atoms. The van der Waals surface area contributed by atoms with E-state index in [9.17, 15) is 4.79 Å². The standard InChI is InChI=1S/C21H28N2O3/c1-3-23(4-2)15-14-22-21(24)17-26-20-12-10-19(11-13-20)25-16-18-8-6-5-7-9-18/h5-13H,3-4,14-17H2,1-2H3,(H,22,24). The Labute approximate surface area is 155 Å². The summed E-state index contributed by atoms with van der Waals surface area (Å²) in [6, 6.07) is 17.3. The summed E-state index contributed by atoms with van der Waals surface area (Å²) in [5.41, 5.74) is 1.12. The Bertz CT molecular complexity index is 640. The summed E-state index contributed by atoms with van der Waals surface area (Å²) >= 11 is 0. The highest BCUT2D eigenvalue weighted by atomic mass is 16.5. The van der Waals surface area contributed by atoms with E-state index in [1.165, 1.54) is 0 Å². The minimum Gasteiger partial charge on any atom is -0.489 e. The van der Waals surface area contributed by atoms with Crippen LogP contribution in [0.3, 0.4) is 0 Å². The highest BCUT2D eigenvalue weighted by Crippen LogP contribution is 2.18. The molecule has 2 rings (SSSR count). The number of nitrogens with zero attached hydrogens (tertiary/aromatic N) is 1. The average Bonchev–Trinajstić information content (AvgIpc) is 2.69. The summed E-state index contributed by atoms with van der Waals surface area (Å²) in [5, 5.41) is 2.87. The van der Waals surface area contributed by atoms with Crippen molar-refractivity contribution in [3.63, 3.8) is 0 Å². The Morgan fingerprint density at radius 3 is 2.15 bits per heavy atom. The number of carbonyl (C=O) groups is 1. The zero-order chi connectivity index (χ0) is 18.6. The van der Waals surface area contributed by atoms with E-state index in [0.717, 1.165) is 30.9 Å². The van der Waals surface area contributed by atoms with Crippen molar-refractivity contribution in [3.8, 4) is 11.5 Å². The third-order valence-electron chi connectivity index (χ3n) is 4.09.